The minimum Gasteiger partial charge on any atom is -0.496 e. The van der Waals surface area contributed by atoms with E-state index in [9.17, 15) is 13.6 Å². The first-order chi connectivity index (χ1) is 15.8. The molecule has 2 aromatic heterocycles. The highest BCUT2D eigenvalue weighted by Crippen LogP contribution is 2.37. The molecule has 1 aliphatic rings. The van der Waals surface area contributed by atoms with Crippen molar-refractivity contribution in [1.82, 2.24) is 20.0 Å². The van der Waals surface area contributed by atoms with Gasteiger partial charge in [0, 0.05) is 29.9 Å². The molecule has 4 rings (SSSR count). The highest BCUT2D eigenvalue weighted by Gasteiger charge is 2.29. The number of halogens is 2. The molecule has 0 aliphatic heterocycles. The normalized spacial score (nSPS) is 14.7. The summed E-state index contributed by atoms with van der Waals surface area (Å²) in [6.45, 7) is 3.17. The number of ether oxygens (including phenoxy) is 2. The van der Waals surface area contributed by atoms with Gasteiger partial charge in [0.05, 0.1) is 19.0 Å². The Bertz CT molecular complexity index is 1160. The number of nitrogens with zero attached hydrogens (tertiary/aromatic N) is 2. The molecule has 0 saturated heterocycles. The van der Waals surface area contributed by atoms with Gasteiger partial charge in [0.2, 0.25) is 0 Å². The lowest BCUT2D eigenvalue weighted by molar-refractivity contribution is -0.0502. The number of rotatable bonds is 9. The first kappa shape index (κ1) is 23.0. The van der Waals surface area contributed by atoms with Crippen molar-refractivity contribution in [2.75, 3.05) is 7.11 Å². The van der Waals surface area contributed by atoms with Crippen LogP contribution in [0.5, 0.6) is 11.5 Å². The number of nitrogens with one attached hydrogen (secondary N) is 2. The lowest BCUT2D eigenvalue weighted by Crippen LogP contribution is -2.26. The van der Waals surface area contributed by atoms with Gasteiger partial charge in [0.25, 0.3) is 5.91 Å². The van der Waals surface area contributed by atoms with E-state index in [4.69, 9.17) is 9.47 Å². The topological polar surface area (TPSA) is 76.9 Å². The van der Waals surface area contributed by atoms with E-state index in [-0.39, 0.29) is 29.1 Å². The molecule has 1 aromatic carbocycles. The summed E-state index contributed by atoms with van der Waals surface area (Å²) in [6, 6.07) is 7.57. The lowest BCUT2D eigenvalue weighted by Gasteiger charge is -2.18. The van der Waals surface area contributed by atoms with Crippen LogP contribution in [0.3, 0.4) is 0 Å². The summed E-state index contributed by atoms with van der Waals surface area (Å²) < 4.78 is 38.4. The molecule has 2 N–H and O–H groups in total. The third-order valence-corrected chi connectivity index (χ3v) is 5.56. The van der Waals surface area contributed by atoms with Crippen molar-refractivity contribution >= 4 is 11.6 Å². The van der Waals surface area contributed by atoms with Crippen molar-refractivity contribution in [2.24, 2.45) is 0 Å². The second-order valence-electron chi connectivity index (χ2n) is 8.55. The van der Waals surface area contributed by atoms with Crippen LogP contribution < -0.4 is 20.1 Å². The van der Waals surface area contributed by atoms with Gasteiger partial charge in [-0.2, -0.15) is 8.78 Å². The molecular formula is C24H28F2N4O3. The summed E-state index contributed by atoms with van der Waals surface area (Å²) in [5.74, 6) is -0.576. The van der Waals surface area contributed by atoms with Gasteiger partial charge in [-0.25, -0.2) is 4.98 Å². The standard InChI is InChI=1S/C24H28F2N4O3/c1-13(2)28-14(3)15-7-8-30-18(12-27-21(30)11-15)16-9-19(32-4)22(20(10-16)33-24(25)26)23(31)29-17-5-6-17/h7-14,17,24,28H,5-6H2,1-4H3,(H,29,31). The van der Waals surface area contributed by atoms with Gasteiger partial charge in [0.15, 0.2) is 0 Å². The minimum absolute atomic E-state index is 0.0434. The van der Waals surface area contributed by atoms with Gasteiger partial charge >= 0.3 is 6.61 Å². The number of amides is 1. The maximum Gasteiger partial charge on any atom is 0.387 e. The molecule has 176 valence electrons. The Kier molecular flexibility index (Phi) is 6.51. The number of alkyl halides is 2. The molecule has 7 nitrogen and oxygen atoms in total. The predicted octanol–water partition coefficient (Wildman–Crippen LogP) is 4.56. The first-order valence-electron chi connectivity index (χ1n) is 11.0. The Morgan fingerprint density at radius 2 is 1.91 bits per heavy atom. The molecule has 0 spiro atoms. The molecule has 2 heterocycles. The fraction of sp³-hybridized carbons (Fsp3) is 0.417. The number of carbonyl (C=O) groups is 1. The Morgan fingerprint density at radius 1 is 1.18 bits per heavy atom. The Hall–Kier alpha value is -3.20. The lowest BCUT2D eigenvalue weighted by atomic mass is 10.1. The number of imidazole rings is 1. The summed E-state index contributed by atoms with van der Waals surface area (Å²) in [7, 11) is 1.39. The molecule has 1 amide bonds. The van der Waals surface area contributed by atoms with Gasteiger partial charge < -0.3 is 20.1 Å². The zero-order valence-corrected chi connectivity index (χ0v) is 19.1. The molecule has 0 radical (unpaired) electrons. The van der Waals surface area contributed by atoms with E-state index in [2.05, 4.69) is 36.4 Å². The quantitative estimate of drug-likeness (QED) is 0.492. The van der Waals surface area contributed by atoms with E-state index >= 15 is 0 Å². The van der Waals surface area contributed by atoms with Crippen LogP contribution in [0.4, 0.5) is 8.78 Å². The van der Waals surface area contributed by atoms with Crippen molar-refractivity contribution in [2.45, 2.75) is 58.3 Å². The van der Waals surface area contributed by atoms with Gasteiger partial charge in [-0.05, 0) is 49.6 Å². The average Bonchev–Trinajstić information content (AvgIpc) is 3.46. The molecule has 1 atom stereocenters. The Morgan fingerprint density at radius 3 is 2.55 bits per heavy atom. The highest BCUT2D eigenvalue weighted by atomic mass is 19.3. The molecule has 9 heteroatoms. The predicted molar refractivity (Wildman–Crippen MR) is 121 cm³/mol. The van der Waals surface area contributed by atoms with Gasteiger partial charge in [-0.3, -0.25) is 9.20 Å². The van der Waals surface area contributed by atoms with Crippen molar-refractivity contribution in [3.05, 3.63) is 47.8 Å². The molecule has 3 aromatic rings. The fourth-order valence-corrected chi connectivity index (χ4v) is 3.87. The monoisotopic (exact) mass is 458 g/mol. The second-order valence-corrected chi connectivity index (χ2v) is 8.55. The molecule has 0 bridgehead atoms. The number of methoxy groups -OCH3 is 1. The van der Waals surface area contributed by atoms with Gasteiger partial charge in [0.1, 0.15) is 22.7 Å². The molecule has 1 fully saturated rings. The number of hydrogen-bond donors (Lipinski definition) is 2. The second kappa shape index (κ2) is 9.35. The maximum absolute atomic E-state index is 13.2. The van der Waals surface area contributed by atoms with E-state index in [0.29, 0.717) is 22.9 Å². The van der Waals surface area contributed by atoms with Crippen molar-refractivity contribution in [3.8, 4) is 22.8 Å². The summed E-state index contributed by atoms with van der Waals surface area (Å²) in [4.78, 5) is 17.2. The van der Waals surface area contributed by atoms with E-state index in [1.165, 1.54) is 13.2 Å². The van der Waals surface area contributed by atoms with E-state index in [1.54, 1.807) is 12.3 Å². The SMILES string of the molecule is COc1cc(-c2cnc3cc(C(C)NC(C)C)ccn23)cc(OC(F)F)c1C(=O)NC1CC1. The van der Waals surface area contributed by atoms with Crippen LogP contribution in [0.2, 0.25) is 0 Å². The smallest absolute Gasteiger partial charge is 0.387 e. The summed E-state index contributed by atoms with van der Waals surface area (Å²) in [5.41, 5.74) is 2.95. The van der Waals surface area contributed by atoms with Crippen LogP contribution in [0.1, 0.15) is 55.6 Å². The Labute approximate surface area is 191 Å². The van der Waals surface area contributed by atoms with Crippen LogP contribution in [0.25, 0.3) is 16.9 Å². The average molecular weight is 459 g/mol. The van der Waals surface area contributed by atoms with Crippen LogP contribution in [-0.2, 0) is 0 Å². The van der Waals surface area contributed by atoms with Crippen LogP contribution >= 0.6 is 0 Å². The summed E-state index contributed by atoms with van der Waals surface area (Å²) in [5, 5.41) is 6.26. The van der Waals surface area contributed by atoms with Crippen LogP contribution in [0.15, 0.2) is 36.7 Å². The highest BCUT2D eigenvalue weighted by molar-refractivity contribution is 6.01. The van der Waals surface area contributed by atoms with Crippen LogP contribution in [0, 0.1) is 0 Å². The van der Waals surface area contributed by atoms with Crippen molar-refractivity contribution in [1.29, 1.82) is 0 Å². The summed E-state index contributed by atoms with van der Waals surface area (Å²) in [6.07, 6.45) is 5.28. The molecule has 33 heavy (non-hydrogen) atoms. The van der Waals surface area contributed by atoms with Crippen molar-refractivity contribution < 1.29 is 23.0 Å². The Balaban J connectivity index is 1.75. The number of hydrogen-bond acceptors (Lipinski definition) is 5. The largest absolute Gasteiger partial charge is 0.496 e. The maximum atomic E-state index is 13.2. The fourth-order valence-electron chi connectivity index (χ4n) is 3.87. The van der Waals surface area contributed by atoms with E-state index in [0.717, 1.165) is 18.4 Å². The minimum atomic E-state index is -3.09. The van der Waals surface area contributed by atoms with Crippen molar-refractivity contribution in [3.63, 3.8) is 0 Å². The third-order valence-electron chi connectivity index (χ3n) is 5.56. The number of fused-ring (bicyclic) bond motifs is 1. The number of aromatic nitrogens is 2. The number of carbonyl (C=O) groups excluding carboxylic acids is 1. The zero-order valence-electron chi connectivity index (χ0n) is 19.1. The molecule has 1 aliphatic carbocycles. The van der Waals surface area contributed by atoms with E-state index < -0.39 is 12.5 Å². The molecule has 1 saturated carbocycles. The van der Waals surface area contributed by atoms with Gasteiger partial charge in [-0.1, -0.05) is 13.8 Å². The van der Waals surface area contributed by atoms with E-state index in [1.807, 2.05) is 22.7 Å². The zero-order chi connectivity index (χ0) is 23.7. The van der Waals surface area contributed by atoms with Crippen LogP contribution in [-0.4, -0.2) is 41.1 Å². The summed E-state index contributed by atoms with van der Waals surface area (Å²) >= 11 is 0. The first-order valence-corrected chi connectivity index (χ1v) is 11.0. The molecular weight excluding hydrogens is 430 g/mol. The molecule has 1 unspecified atom stereocenters. The van der Waals surface area contributed by atoms with Gasteiger partial charge in [-0.15, -0.1) is 0 Å². The third kappa shape index (κ3) is 5.08. The number of pyridine rings is 1. The number of benzene rings is 1.